The van der Waals surface area contributed by atoms with Gasteiger partial charge >= 0.3 is 0 Å². The summed E-state index contributed by atoms with van der Waals surface area (Å²) in [6.45, 7) is 4.48. The van der Waals surface area contributed by atoms with E-state index >= 15 is 0 Å². The van der Waals surface area contributed by atoms with Crippen molar-refractivity contribution in [2.45, 2.75) is 52.2 Å². The smallest absolute Gasteiger partial charge is 0.124 e. The van der Waals surface area contributed by atoms with Crippen LogP contribution in [0.5, 0.6) is 5.75 Å². The fraction of sp³-hybridized carbons (Fsp3) is 0.360. The average molecular weight is 430 g/mol. The third kappa shape index (κ3) is 6.37. The number of unbranched alkanes of at least 4 members (excludes halogenated alkanes) is 4. The fourth-order valence-corrected chi connectivity index (χ4v) is 3.96. The summed E-state index contributed by atoms with van der Waals surface area (Å²) in [4.78, 5) is 0. The van der Waals surface area contributed by atoms with Gasteiger partial charge in [0.15, 0.2) is 0 Å². The molecule has 3 aromatic rings. The third-order valence-corrected chi connectivity index (χ3v) is 5.74. The Kier molecular flexibility index (Phi) is 8.67. The zero-order valence-electron chi connectivity index (χ0n) is 17.0. The topological polar surface area (TPSA) is 21.3 Å². The highest BCUT2D eigenvalue weighted by Crippen LogP contribution is 2.30. The molecule has 0 bridgehead atoms. The molecular weight excluding hydrogens is 401 g/mol. The molecule has 0 atom stereocenters. The van der Waals surface area contributed by atoms with Crippen molar-refractivity contribution in [3.05, 3.63) is 75.8 Å². The monoisotopic (exact) mass is 429 g/mol. The van der Waals surface area contributed by atoms with Gasteiger partial charge in [-0.25, -0.2) is 0 Å². The second-order valence-corrected chi connectivity index (χ2v) is 8.22. The van der Waals surface area contributed by atoms with E-state index in [9.17, 15) is 0 Å². The molecule has 0 aliphatic carbocycles. The van der Waals surface area contributed by atoms with E-state index in [0.29, 0.717) is 16.7 Å². The van der Waals surface area contributed by atoms with Gasteiger partial charge in [-0.2, -0.15) is 0 Å². The number of nitrogens with one attached hydrogen (secondary N) is 1. The van der Waals surface area contributed by atoms with E-state index in [1.165, 1.54) is 48.4 Å². The largest absolute Gasteiger partial charge is 0.488 e. The minimum Gasteiger partial charge on any atom is -0.488 e. The van der Waals surface area contributed by atoms with E-state index in [1.54, 1.807) is 6.07 Å². The van der Waals surface area contributed by atoms with Crippen LogP contribution in [0.15, 0.2) is 54.6 Å². The van der Waals surface area contributed by atoms with Gasteiger partial charge in [0.25, 0.3) is 0 Å². The summed E-state index contributed by atoms with van der Waals surface area (Å²) in [7, 11) is 0. The Bertz CT molecular complexity index is 926. The maximum atomic E-state index is 6.31. The molecule has 0 fully saturated rings. The van der Waals surface area contributed by atoms with E-state index < -0.39 is 0 Å². The lowest BCUT2D eigenvalue weighted by molar-refractivity contribution is 0.303. The molecule has 3 rings (SSSR count). The Morgan fingerprint density at radius 2 is 1.72 bits per heavy atom. The van der Waals surface area contributed by atoms with Crippen LogP contribution in [0.3, 0.4) is 0 Å². The quantitative estimate of drug-likeness (QED) is 0.314. The Labute approximate surface area is 184 Å². The summed E-state index contributed by atoms with van der Waals surface area (Å²) in [6, 6.07) is 18.1. The molecule has 0 saturated heterocycles. The fourth-order valence-electron chi connectivity index (χ4n) is 3.49. The molecule has 29 heavy (non-hydrogen) atoms. The van der Waals surface area contributed by atoms with Gasteiger partial charge in [-0.05, 0) is 41.9 Å². The van der Waals surface area contributed by atoms with Crippen molar-refractivity contribution in [1.82, 2.24) is 5.32 Å². The summed E-state index contributed by atoms with van der Waals surface area (Å²) in [6.07, 6.45) is 6.43. The number of rotatable bonds is 11. The highest BCUT2D eigenvalue weighted by atomic mass is 35.5. The average Bonchev–Trinajstić information content (AvgIpc) is 2.73. The van der Waals surface area contributed by atoms with Crippen LogP contribution in [0.1, 0.15) is 50.2 Å². The maximum absolute atomic E-state index is 6.31. The molecule has 4 heteroatoms. The lowest BCUT2D eigenvalue weighted by Gasteiger charge is -2.16. The Morgan fingerprint density at radius 1 is 0.897 bits per heavy atom. The number of fused-ring (bicyclic) bond motifs is 1. The van der Waals surface area contributed by atoms with E-state index in [2.05, 4.69) is 48.6 Å². The van der Waals surface area contributed by atoms with Crippen LogP contribution in [0.25, 0.3) is 10.8 Å². The molecule has 154 valence electrons. The predicted octanol–water partition coefficient (Wildman–Crippen LogP) is 7.79. The number of benzene rings is 3. The Morgan fingerprint density at radius 3 is 2.55 bits per heavy atom. The van der Waals surface area contributed by atoms with Gasteiger partial charge in [0.1, 0.15) is 12.4 Å². The molecular formula is C25H29Cl2NO. The molecule has 0 spiro atoms. The van der Waals surface area contributed by atoms with Crippen LogP contribution >= 0.6 is 23.2 Å². The van der Waals surface area contributed by atoms with E-state index in [1.807, 2.05) is 12.1 Å². The molecule has 0 saturated carbocycles. The molecule has 0 heterocycles. The summed E-state index contributed by atoms with van der Waals surface area (Å²) in [5.74, 6) is 0.896. The normalized spacial score (nSPS) is 11.1. The SMILES string of the molecule is CCCCCCCNCc1c(OCc2ccc(Cl)cc2Cl)ccc2ccccc12. The maximum Gasteiger partial charge on any atom is 0.124 e. The molecule has 2 nitrogen and oxygen atoms in total. The van der Waals surface area contributed by atoms with Crippen LogP contribution in [-0.2, 0) is 13.2 Å². The Hall–Kier alpha value is -1.74. The first-order valence-electron chi connectivity index (χ1n) is 10.5. The highest BCUT2D eigenvalue weighted by molar-refractivity contribution is 6.35. The molecule has 0 amide bonds. The van der Waals surface area contributed by atoms with Gasteiger partial charge in [0.05, 0.1) is 0 Å². The molecule has 0 radical (unpaired) electrons. The minimum absolute atomic E-state index is 0.415. The molecule has 0 unspecified atom stereocenters. The second-order valence-electron chi connectivity index (χ2n) is 7.38. The summed E-state index contributed by atoms with van der Waals surface area (Å²) < 4.78 is 6.19. The van der Waals surface area contributed by atoms with Crippen LogP contribution in [0, 0.1) is 0 Å². The number of halogens is 2. The lowest BCUT2D eigenvalue weighted by Crippen LogP contribution is -2.16. The number of ether oxygens (including phenoxy) is 1. The Balaban J connectivity index is 1.70. The van der Waals surface area contributed by atoms with Crippen molar-refractivity contribution in [2.75, 3.05) is 6.54 Å². The van der Waals surface area contributed by atoms with Gasteiger partial charge in [-0.1, -0.05) is 92.2 Å². The highest BCUT2D eigenvalue weighted by Gasteiger charge is 2.10. The third-order valence-electron chi connectivity index (χ3n) is 5.15. The standard InChI is InChI=1S/C25H29Cl2NO/c1-2-3-4-5-8-15-28-17-23-22-10-7-6-9-19(22)12-14-25(23)29-18-20-11-13-21(26)16-24(20)27/h6-7,9-14,16,28H,2-5,8,15,17-18H2,1H3. The summed E-state index contributed by atoms with van der Waals surface area (Å²) >= 11 is 12.3. The number of hydrogen-bond acceptors (Lipinski definition) is 2. The van der Waals surface area contributed by atoms with E-state index in [4.69, 9.17) is 27.9 Å². The van der Waals surface area contributed by atoms with Crippen molar-refractivity contribution in [3.8, 4) is 5.75 Å². The van der Waals surface area contributed by atoms with Crippen LogP contribution in [0.4, 0.5) is 0 Å². The first-order chi connectivity index (χ1) is 14.2. The van der Waals surface area contributed by atoms with Crippen LogP contribution in [0.2, 0.25) is 10.0 Å². The minimum atomic E-state index is 0.415. The van der Waals surface area contributed by atoms with E-state index in [0.717, 1.165) is 24.4 Å². The lowest BCUT2D eigenvalue weighted by atomic mass is 10.0. The van der Waals surface area contributed by atoms with Crippen LogP contribution in [-0.4, -0.2) is 6.54 Å². The zero-order chi connectivity index (χ0) is 20.5. The first kappa shape index (κ1) is 22.0. The van der Waals surface area contributed by atoms with Crippen molar-refractivity contribution >= 4 is 34.0 Å². The molecule has 0 aliphatic heterocycles. The van der Waals surface area contributed by atoms with Crippen molar-refractivity contribution in [3.63, 3.8) is 0 Å². The van der Waals surface area contributed by atoms with Gasteiger partial charge in [-0.3, -0.25) is 0 Å². The second kappa shape index (κ2) is 11.4. The van der Waals surface area contributed by atoms with Gasteiger partial charge < -0.3 is 10.1 Å². The van der Waals surface area contributed by atoms with Gasteiger partial charge in [-0.15, -0.1) is 0 Å². The number of hydrogen-bond donors (Lipinski definition) is 1. The molecule has 0 aliphatic rings. The van der Waals surface area contributed by atoms with Gasteiger partial charge in [0, 0.05) is 27.7 Å². The van der Waals surface area contributed by atoms with Gasteiger partial charge in [0.2, 0.25) is 0 Å². The molecule has 1 N–H and O–H groups in total. The molecule has 0 aromatic heterocycles. The predicted molar refractivity (Wildman–Crippen MR) is 125 cm³/mol. The summed E-state index contributed by atoms with van der Waals surface area (Å²) in [5.41, 5.74) is 2.13. The first-order valence-corrected chi connectivity index (χ1v) is 11.2. The van der Waals surface area contributed by atoms with Crippen molar-refractivity contribution < 1.29 is 4.74 Å². The van der Waals surface area contributed by atoms with E-state index in [-0.39, 0.29) is 0 Å². The van der Waals surface area contributed by atoms with Crippen molar-refractivity contribution in [1.29, 1.82) is 0 Å². The summed E-state index contributed by atoms with van der Waals surface area (Å²) in [5, 5.41) is 7.32. The van der Waals surface area contributed by atoms with Crippen molar-refractivity contribution in [2.24, 2.45) is 0 Å². The van der Waals surface area contributed by atoms with Crippen LogP contribution < -0.4 is 10.1 Å². The molecule has 3 aromatic carbocycles. The zero-order valence-corrected chi connectivity index (χ0v) is 18.5.